The van der Waals surface area contributed by atoms with Crippen LogP contribution in [0.5, 0.6) is 0 Å². The molecular weight excluding hydrogens is 380 g/mol. The predicted octanol–water partition coefficient (Wildman–Crippen LogP) is 3.60. The molecule has 1 atom stereocenters. The third-order valence-corrected chi connectivity index (χ3v) is 6.68. The third-order valence-electron chi connectivity index (χ3n) is 5.63. The Hall–Kier alpha value is -2.57. The Morgan fingerprint density at radius 2 is 2.07 bits per heavy atom. The molecule has 2 aliphatic rings. The van der Waals surface area contributed by atoms with Gasteiger partial charge in [-0.15, -0.1) is 0 Å². The van der Waals surface area contributed by atoms with E-state index in [0.717, 1.165) is 60.2 Å². The molecule has 6 heteroatoms. The van der Waals surface area contributed by atoms with Gasteiger partial charge in [-0.05, 0) is 49.6 Å². The average molecular weight is 405 g/mol. The maximum Gasteiger partial charge on any atom is 0.258 e. The number of nitrogens with one attached hydrogen (secondary N) is 1. The van der Waals surface area contributed by atoms with Gasteiger partial charge >= 0.3 is 0 Å². The van der Waals surface area contributed by atoms with Crippen molar-refractivity contribution in [1.82, 2.24) is 19.6 Å². The van der Waals surface area contributed by atoms with E-state index in [1.54, 1.807) is 0 Å². The van der Waals surface area contributed by atoms with Crippen LogP contribution in [0, 0.1) is 0 Å². The van der Waals surface area contributed by atoms with Crippen molar-refractivity contribution >= 4 is 29.4 Å². The lowest BCUT2D eigenvalue weighted by atomic mass is 10.1. The topological polar surface area (TPSA) is 49.6 Å². The van der Waals surface area contributed by atoms with E-state index in [1.165, 1.54) is 17.3 Å². The van der Waals surface area contributed by atoms with Gasteiger partial charge in [0, 0.05) is 19.1 Å². The summed E-state index contributed by atoms with van der Waals surface area (Å²) in [4.78, 5) is 20.5. The van der Waals surface area contributed by atoms with Gasteiger partial charge in [-0.3, -0.25) is 9.20 Å². The minimum absolute atomic E-state index is 0.0237. The van der Waals surface area contributed by atoms with Gasteiger partial charge < -0.3 is 10.2 Å². The van der Waals surface area contributed by atoms with Gasteiger partial charge in [-0.1, -0.05) is 48.2 Å². The predicted molar refractivity (Wildman–Crippen MR) is 117 cm³/mol. The van der Waals surface area contributed by atoms with Crippen molar-refractivity contribution in [3.05, 3.63) is 70.9 Å². The molecule has 29 heavy (non-hydrogen) atoms. The molecule has 4 heterocycles. The van der Waals surface area contributed by atoms with Crippen molar-refractivity contribution in [2.24, 2.45) is 0 Å². The fourth-order valence-electron chi connectivity index (χ4n) is 4.16. The molecule has 0 saturated carbocycles. The van der Waals surface area contributed by atoms with Crippen LogP contribution in [-0.4, -0.2) is 45.9 Å². The molecule has 1 aromatic carbocycles. The minimum Gasteiger partial charge on any atom is -0.348 e. The molecule has 2 aromatic heterocycles. The zero-order valence-electron chi connectivity index (χ0n) is 16.3. The zero-order valence-corrected chi connectivity index (χ0v) is 17.1. The van der Waals surface area contributed by atoms with Crippen molar-refractivity contribution in [2.45, 2.75) is 30.3 Å². The van der Waals surface area contributed by atoms with E-state index < -0.39 is 0 Å². The van der Waals surface area contributed by atoms with Crippen LogP contribution in [0.15, 0.2) is 64.7 Å². The molecule has 0 spiro atoms. The number of carbonyl (C=O) groups is 1. The molecule has 5 nitrogen and oxygen atoms in total. The summed E-state index contributed by atoms with van der Waals surface area (Å²) in [5.74, 6) is 0.0237. The second-order valence-electron chi connectivity index (χ2n) is 7.70. The molecule has 0 radical (unpaired) electrons. The molecule has 5 rings (SSSR count). The molecule has 3 aromatic rings. The monoisotopic (exact) mass is 404 g/mol. The highest BCUT2D eigenvalue weighted by Gasteiger charge is 2.26. The largest absolute Gasteiger partial charge is 0.348 e. The Labute approximate surface area is 174 Å². The summed E-state index contributed by atoms with van der Waals surface area (Å²) in [6.45, 7) is 3.07. The van der Waals surface area contributed by atoms with Crippen LogP contribution < -0.4 is 5.32 Å². The van der Waals surface area contributed by atoms with Gasteiger partial charge in [0.15, 0.2) is 0 Å². The number of imidazole rings is 1. The minimum atomic E-state index is 0.0237. The van der Waals surface area contributed by atoms with Crippen LogP contribution in [0.1, 0.15) is 24.1 Å². The van der Waals surface area contributed by atoms with Crippen molar-refractivity contribution in [3.63, 3.8) is 0 Å². The maximum atomic E-state index is 12.9. The van der Waals surface area contributed by atoms with E-state index in [4.69, 9.17) is 0 Å². The maximum absolute atomic E-state index is 12.9. The normalized spacial score (nSPS) is 18.8. The molecule has 1 saturated heterocycles. The third kappa shape index (κ3) is 3.95. The van der Waals surface area contributed by atoms with E-state index in [-0.39, 0.29) is 11.9 Å². The Kier molecular flexibility index (Phi) is 5.12. The highest BCUT2D eigenvalue weighted by atomic mass is 32.2. The number of benzene rings is 1. The van der Waals surface area contributed by atoms with Gasteiger partial charge in [-0.2, -0.15) is 0 Å². The number of hydrogen-bond donors (Lipinski definition) is 1. The fraction of sp³-hybridized carbons (Fsp3) is 0.304. The summed E-state index contributed by atoms with van der Waals surface area (Å²) < 4.78 is 2.09. The van der Waals surface area contributed by atoms with Crippen LogP contribution in [0.4, 0.5) is 0 Å². The van der Waals surface area contributed by atoms with Crippen LogP contribution >= 0.6 is 11.8 Å². The van der Waals surface area contributed by atoms with Crippen LogP contribution in [0.3, 0.4) is 0 Å². The quantitative estimate of drug-likeness (QED) is 0.682. The first-order valence-corrected chi connectivity index (χ1v) is 11.0. The van der Waals surface area contributed by atoms with Crippen LogP contribution in [0.2, 0.25) is 0 Å². The first-order valence-electron chi connectivity index (χ1n) is 10.2. The van der Waals surface area contributed by atoms with E-state index in [2.05, 4.69) is 49.9 Å². The lowest BCUT2D eigenvalue weighted by Crippen LogP contribution is -2.37. The number of carbonyl (C=O) groups excluding carboxylic acids is 1. The van der Waals surface area contributed by atoms with E-state index >= 15 is 0 Å². The lowest BCUT2D eigenvalue weighted by molar-refractivity contribution is -0.117. The Balaban J connectivity index is 1.15. The number of thioether (sulfide) groups is 1. The van der Waals surface area contributed by atoms with Gasteiger partial charge in [0.1, 0.15) is 5.65 Å². The molecule has 148 valence electrons. The highest BCUT2D eigenvalue weighted by Crippen LogP contribution is 2.34. The number of pyridine rings is 1. The second-order valence-corrected chi connectivity index (χ2v) is 8.76. The summed E-state index contributed by atoms with van der Waals surface area (Å²) in [7, 11) is 0. The van der Waals surface area contributed by atoms with Gasteiger partial charge in [0.2, 0.25) is 0 Å². The molecule has 0 aliphatic carbocycles. The number of aryl methyl sites for hydroxylation is 1. The fourth-order valence-corrected chi connectivity index (χ4v) is 5.15. The molecule has 2 aliphatic heterocycles. The SMILES string of the molecule is O=C(N[C@@H]1CCN(CCCc2ccccc2)C1)C1=Cc2cnc3cccc(n23)S1. The Morgan fingerprint density at radius 3 is 2.97 bits per heavy atom. The number of likely N-dealkylation sites (tertiary alicyclic amines) is 1. The number of hydrogen-bond acceptors (Lipinski definition) is 4. The smallest absolute Gasteiger partial charge is 0.258 e. The van der Waals surface area contributed by atoms with Gasteiger partial charge in [0.25, 0.3) is 5.91 Å². The Morgan fingerprint density at radius 1 is 1.17 bits per heavy atom. The molecular formula is C23H24N4OS. The van der Waals surface area contributed by atoms with E-state index in [0.29, 0.717) is 0 Å². The summed E-state index contributed by atoms with van der Waals surface area (Å²) in [6, 6.07) is 16.9. The van der Waals surface area contributed by atoms with Crippen molar-refractivity contribution < 1.29 is 4.79 Å². The summed E-state index contributed by atoms with van der Waals surface area (Å²) in [5, 5.41) is 4.28. The first kappa shape index (κ1) is 18.5. The van der Waals surface area contributed by atoms with E-state index in [1.807, 2.05) is 30.5 Å². The number of amides is 1. The molecule has 1 fully saturated rings. The van der Waals surface area contributed by atoms with Crippen LogP contribution in [0.25, 0.3) is 11.7 Å². The molecule has 1 N–H and O–H groups in total. The van der Waals surface area contributed by atoms with Crippen LogP contribution in [-0.2, 0) is 11.2 Å². The lowest BCUT2D eigenvalue weighted by Gasteiger charge is -2.19. The summed E-state index contributed by atoms with van der Waals surface area (Å²) in [5.41, 5.74) is 3.28. The summed E-state index contributed by atoms with van der Waals surface area (Å²) in [6.07, 6.45) is 7.05. The number of aromatic nitrogens is 2. The molecule has 0 bridgehead atoms. The summed E-state index contributed by atoms with van der Waals surface area (Å²) >= 11 is 1.52. The Bertz CT molecular complexity index is 1060. The van der Waals surface area contributed by atoms with Gasteiger partial charge in [0.05, 0.1) is 21.8 Å². The molecule has 1 amide bonds. The average Bonchev–Trinajstić information content (AvgIpc) is 3.37. The zero-order chi connectivity index (χ0) is 19.6. The second kappa shape index (κ2) is 8.05. The number of nitrogens with zero attached hydrogens (tertiary/aromatic N) is 3. The van der Waals surface area contributed by atoms with Crippen molar-refractivity contribution in [2.75, 3.05) is 19.6 Å². The van der Waals surface area contributed by atoms with Crippen molar-refractivity contribution in [1.29, 1.82) is 0 Å². The molecule has 0 unspecified atom stereocenters. The highest BCUT2D eigenvalue weighted by molar-refractivity contribution is 8.04. The van der Waals surface area contributed by atoms with Crippen molar-refractivity contribution in [3.8, 4) is 0 Å². The van der Waals surface area contributed by atoms with Gasteiger partial charge in [-0.25, -0.2) is 4.98 Å². The number of rotatable bonds is 6. The standard InChI is InChI=1S/C23H24N4OS/c28-23(20-14-19-15-24-21-9-4-10-22(29-20)27(19)21)25-18-11-13-26(16-18)12-5-8-17-6-2-1-3-7-17/h1-4,6-7,9-10,14-15,18H,5,8,11-13,16H2,(H,25,28)/t18-/m1/s1. The first-order chi connectivity index (χ1) is 14.3. The van der Waals surface area contributed by atoms with E-state index in [9.17, 15) is 4.79 Å².